The van der Waals surface area contributed by atoms with Gasteiger partial charge < -0.3 is 14.4 Å². The Morgan fingerprint density at radius 3 is 2.59 bits per heavy atom. The van der Waals surface area contributed by atoms with Gasteiger partial charge in [0.15, 0.2) is 11.5 Å². The van der Waals surface area contributed by atoms with Crippen LogP contribution in [-0.4, -0.2) is 48.7 Å². The van der Waals surface area contributed by atoms with Gasteiger partial charge in [-0.1, -0.05) is 17.9 Å². The molecule has 0 saturated carbocycles. The van der Waals surface area contributed by atoms with Crippen molar-refractivity contribution >= 4 is 11.8 Å². The van der Waals surface area contributed by atoms with Gasteiger partial charge in [-0.05, 0) is 36.8 Å². The van der Waals surface area contributed by atoms with Crippen LogP contribution < -0.4 is 15.0 Å². The van der Waals surface area contributed by atoms with Crippen molar-refractivity contribution in [3.63, 3.8) is 0 Å². The number of likely N-dealkylation sites (tertiary alicyclic amines) is 1. The Kier molecular flexibility index (Phi) is 6.00. The average Bonchev–Trinajstić information content (AvgIpc) is 2.70. The van der Waals surface area contributed by atoms with Crippen molar-refractivity contribution in [3.8, 4) is 23.3 Å². The Morgan fingerprint density at radius 2 is 2.00 bits per heavy atom. The maximum atomic E-state index is 13.4. The Labute approximate surface area is 167 Å². The molecule has 7 nitrogen and oxygen atoms in total. The van der Waals surface area contributed by atoms with E-state index >= 15 is 0 Å². The van der Waals surface area contributed by atoms with Gasteiger partial charge in [0.25, 0.3) is 11.8 Å². The maximum Gasteiger partial charge on any atom is 0.266 e. The van der Waals surface area contributed by atoms with Gasteiger partial charge >= 0.3 is 0 Å². The van der Waals surface area contributed by atoms with Crippen LogP contribution in [0.4, 0.5) is 4.39 Å². The van der Waals surface area contributed by atoms with Crippen LogP contribution in [0.15, 0.2) is 36.4 Å². The molecule has 29 heavy (non-hydrogen) atoms. The molecule has 1 atom stereocenters. The molecule has 8 heteroatoms. The molecule has 2 amide bonds. The molecule has 1 aliphatic rings. The smallest absolute Gasteiger partial charge is 0.266 e. The standard InChI is InChI=1S/C21H19FN2O5/c1-28-18-12-15(21(26)24-9-8-17(24)20(25)23-27)11-14(19(18)29-2)7-6-13-4-3-5-16(22)10-13/h3-5,10-12,17,27H,8-9H2,1-2H3,(H,23,25)/t17-/m1/s1. The lowest BCUT2D eigenvalue weighted by atomic mass is 9.99. The van der Waals surface area contributed by atoms with Gasteiger partial charge in [-0.3, -0.25) is 14.8 Å². The second-order valence-corrected chi connectivity index (χ2v) is 6.30. The van der Waals surface area contributed by atoms with Crippen LogP contribution in [0.5, 0.6) is 11.5 Å². The second-order valence-electron chi connectivity index (χ2n) is 6.30. The predicted octanol–water partition coefficient (Wildman–Crippen LogP) is 1.96. The van der Waals surface area contributed by atoms with E-state index < -0.39 is 23.7 Å². The molecule has 0 spiro atoms. The monoisotopic (exact) mass is 398 g/mol. The molecular formula is C21H19FN2O5. The van der Waals surface area contributed by atoms with Crippen molar-refractivity contribution in [2.75, 3.05) is 20.8 Å². The Morgan fingerprint density at radius 1 is 1.21 bits per heavy atom. The minimum atomic E-state index is -0.734. The van der Waals surface area contributed by atoms with E-state index in [9.17, 15) is 14.0 Å². The van der Waals surface area contributed by atoms with Gasteiger partial charge in [0.1, 0.15) is 11.9 Å². The molecule has 1 aliphatic heterocycles. The zero-order valence-electron chi connectivity index (χ0n) is 15.9. The number of carbonyl (C=O) groups is 2. The first-order valence-corrected chi connectivity index (χ1v) is 8.77. The zero-order chi connectivity index (χ0) is 21.0. The van der Waals surface area contributed by atoms with Gasteiger partial charge in [0.05, 0.1) is 19.8 Å². The first kappa shape index (κ1) is 20.2. The lowest BCUT2D eigenvalue weighted by molar-refractivity contribution is -0.137. The summed E-state index contributed by atoms with van der Waals surface area (Å²) < 4.78 is 24.1. The Bertz CT molecular complexity index is 1010. The van der Waals surface area contributed by atoms with Crippen molar-refractivity contribution < 1.29 is 28.7 Å². The fourth-order valence-corrected chi connectivity index (χ4v) is 3.03. The van der Waals surface area contributed by atoms with Gasteiger partial charge in [-0.15, -0.1) is 0 Å². The van der Waals surface area contributed by atoms with Crippen LogP contribution in [-0.2, 0) is 4.79 Å². The molecule has 2 aromatic rings. The third-order valence-electron chi connectivity index (χ3n) is 4.59. The maximum absolute atomic E-state index is 13.4. The number of hydrogen-bond donors (Lipinski definition) is 2. The molecule has 1 heterocycles. The molecule has 2 aromatic carbocycles. The number of hydroxylamine groups is 1. The summed E-state index contributed by atoms with van der Waals surface area (Å²) in [6.45, 7) is 0.384. The highest BCUT2D eigenvalue weighted by atomic mass is 19.1. The van der Waals surface area contributed by atoms with Crippen molar-refractivity contribution in [2.24, 2.45) is 0 Å². The van der Waals surface area contributed by atoms with Crippen LogP contribution in [0.3, 0.4) is 0 Å². The molecule has 0 aliphatic carbocycles. The second kappa shape index (κ2) is 8.63. The van der Waals surface area contributed by atoms with Crippen LogP contribution in [0.1, 0.15) is 27.9 Å². The molecule has 1 saturated heterocycles. The molecule has 0 unspecified atom stereocenters. The van der Waals surface area contributed by atoms with E-state index in [0.717, 1.165) is 0 Å². The lowest BCUT2D eigenvalue weighted by Gasteiger charge is -2.39. The fourth-order valence-electron chi connectivity index (χ4n) is 3.03. The summed E-state index contributed by atoms with van der Waals surface area (Å²) in [6.07, 6.45) is 0.456. The van der Waals surface area contributed by atoms with Crippen molar-refractivity contribution in [2.45, 2.75) is 12.5 Å². The fraction of sp³-hybridized carbons (Fsp3) is 0.238. The number of methoxy groups -OCH3 is 2. The number of carbonyl (C=O) groups excluding carboxylic acids is 2. The average molecular weight is 398 g/mol. The summed E-state index contributed by atoms with van der Waals surface area (Å²) in [7, 11) is 2.88. The van der Waals surface area contributed by atoms with Crippen LogP contribution >= 0.6 is 0 Å². The molecule has 0 bridgehead atoms. The molecule has 3 rings (SSSR count). The minimum absolute atomic E-state index is 0.252. The number of rotatable bonds is 4. The van der Waals surface area contributed by atoms with E-state index in [1.54, 1.807) is 17.6 Å². The third kappa shape index (κ3) is 4.15. The number of ether oxygens (including phenoxy) is 2. The van der Waals surface area contributed by atoms with Crippen molar-refractivity contribution in [1.29, 1.82) is 0 Å². The molecular weight excluding hydrogens is 379 g/mol. The normalized spacial score (nSPS) is 14.9. The first-order chi connectivity index (χ1) is 14.0. The largest absolute Gasteiger partial charge is 0.493 e. The minimum Gasteiger partial charge on any atom is -0.493 e. The van der Waals surface area contributed by atoms with E-state index in [1.165, 1.54) is 43.4 Å². The van der Waals surface area contributed by atoms with Gasteiger partial charge in [0, 0.05) is 17.7 Å². The van der Waals surface area contributed by atoms with E-state index in [0.29, 0.717) is 35.6 Å². The number of amides is 2. The number of hydrogen-bond acceptors (Lipinski definition) is 5. The summed E-state index contributed by atoms with van der Waals surface area (Å²) in [5.41, 5.74) is 2.66. The SMILES string of the molecule is COc1cc(C(=O)N2CC[C@@H]2C(=O)NO)cc(C#Cc2cccc(F)c2)c1OC. The molecule has 150 valence electrons. The Balaban J connectivity index is 1.99. The Hall–Kier alpha value is -3.57. The first-order valence-electron chi connectivity index (χ1n) is 8.77. The quantitative estimate of drug-likeness (QED) is 0.467. The summed E-state index contributed by atoms with van der Waals surface area (Å²) in [6, 6.07) is 8.12. The van der Waals surface area contributed by atoms with Crippen LogP contribution in [0.2, 0.25) is 0 Å². The van der Waals surface area contributed by atoms with Gasteiger partial charge in [0.2, 0.25) is 0 Å². The molecule has 2 N–H and O–H groups in total. The van der Waals surface area contributed by atoms with E-state index in [-0.39, 0.29) is 5.56 Å². The van der Waals surface area contributed by atoms with Gasteiger partial charge in [-0.25, -0.2) is 9.87 Å². The van der Waals surface area contributed by atoms with Gasteiger partial charge in [-0.2, -0.15) is 0 Å². The summed E-state index contributed by atoms with van der Waals surface area (Å²) in [5, 5.41) is 8.81. The van der Waals surface area contributed by atoms with Crippen LogP contribution in [0.25, 0.3) is 0 Å². The highest BCUT2D eigenvalue weighted by Gasteiger charge is 2.38. The van der Waals surface area contributed by atoms with E-state index in [4.69, 9.17) is 14.7 Å². The highest BCUT2D eigenvalue weighted by Crippen LogP contribution is 2.33. The third-order valence-corrected chi connectivity index (χ3v) is 4.59. The summed E-state index contributed by atoms with van der Waals surface area (Å²) in [5.74, 6) is 4.91. The van der Waals surface area contributed by atoms with E-state index in [1.807, 2.05) is 0 Å². The summed E-state index contributed by atoms with van der Waals surface area (Å²) in [4.78, 5) is 25.9. The van der Waals surface area contributed by atoms with Crippen molar-refractivity contribution in [3.05, 3.63) is 58.9 Å². The molecule has 0 radical (unpaired) electrons. The topological polar surface area (TPSA) is 88.1 Å². The van der Waals surface area contributed by atoms with Crippen LogP contribution in [0, 0.1) is 17.7 Å². The number of halogens is 1. The molecule has 1 fully saturated rings. The molecule has 0 aromatic heterocycles. The van der Waals surface area contributed by atoms with Crippen molar-refractivity contribution in [1.82, 2.24) is 10.4 Å². The number of nitrogens with one attached hydrogen (secondary N) is 1. The number of benzene rings is 2. The predicted molar refractivity (Wildman–Crippen MR) is 101 cm³/mol. The highest BCUT2D eigenvalue weighted by molar-refractivity contribution is 5.99. The van der Waals surface area contributed by atoms with E-state index in [2.05, 4.69) is 11.8 Å². The zero-order valence-corrected chi connectivity index (χ0v) is 15.9. The lowest BCUT2D eigenvalue weighted by Crippen LogP contribution is -2.57. The number of nitrogens with zero attached hydrogens (tertiary/aromatic N) is 1. The summed E-state index contributed by atoms with van der Waals surface area (Å²) >= 11 is 0.